The van der Waals surface area contributed by atoms with Crippen LogP contribution in [0, 0.1) is 0 Å². The molecule has 1 heterocycles. The molecule has 2 aromatic rings. The summed E-state index contributed by atoms with van der Waals surface area (Å²) in [5, 5.41) is 18.2. The van der Waals surface area contributed by atoms with Gasteiger partial charge >= 0.3 is 12.0 Å². The van der Waals surface area contributed by atoms with E-state index in [1.54, 1.807) is 12.1 Å². The van der Waals surface area contributed by atoms with Gasteiger partial charge in [0, 0.05) is 11.2 Å². The molecule has 3 N–H and O–H groups in total. The van der Waals surface area contributed by atoms with Gasteiger partial charge in [0.25, 0.3) is 0 Å². The number of benzene rings is 1. The summed E-state index contributed by atoms with van der Waals surface area (Å²) >= 11 is 11.7. The number of nitrogens with zero attached hydrogens (tertiary/aromatic N) is 2. The second-order valence-corrected chi connectivity index (χ2v) is 4.87. The average Bonchev–Trinajstić information content (AvgIpc) is 2.79. The summed E-state index contributed by atoms with van der Waals surface area (Å²) in [5.74, 6) is -1.03. The minimum Gasteiger partial charge on any atom is -0.480 e. The summed E-state index contributed by atoms with van der Waals surface area (Å²) in [6, 6.07) is 4.13. The molecule has 0 atom stereocenters. The zero-order valence-electron chi connectivity index (χ0n) is 10.5. The van der Waals surface area contributed by atoms with E-state index in [0.717, 1.165) is 0 Å². The SMILES string of the molecule is O=C(O)Cn1cc(NC(=O)Nc2ccc(Cl)cc2Cl)cn1. The quantitative estimate of drug-likeness (QED) is 0.803. The fourth-order valence-electron chi connectivity index (χ4n) is 1.53. The van der Waals surface area contributed by atoms with Crippen molar-refractivity contribution in [1.82, 2.24) is 9.78 Å². The smallest absolute Gasteiger partial charge is 0.325 e. The normalized spacial score (nSPS) is 10.2. The molecule has 0 aliphatic heterocycles. The second-order valence-electron chi connectivity index (χ2n) is 4.02. The molecule has 0 bridgehead atoms. The minimum absolute atomic E-state index is 0.285. The van der Waals surface area contributed by atoms with Crippen LogP contribution in [-0.4, -0.2) is 26.9 Å². The van der Waals surface area contributed by atoms with Crippen LogP contribution in [0.3, 0.4) is 0 Å². The first kappa shape index (κ1) is 15.1. The van der Waals surface area contributed by atoms with Crippen molar-refractivity contribution in [1.29, 1.82) is 0 Å². The lowest BCUT2D eigenvalue weighted by atomic mass is 10.3. The van der Waals surface area contributed by atoms with Gasteiger partial charge in [-0.2, -0.15) is 5.10 Å². The highest BCUT2D eigenvalue weighted by Gasteiger charge is 2.08. The van der Waals surface area contributed by atoms with Crippen molar-refractivity contribution in [3.8, 4) is 0 Å². The van der Waals surface area contributed by atoms with Crippen LogP contribution in [-0.2, 0) is 11.3 Å². The highest BCUT2D eigenvalue weighted by molar-refractivity contribution is 6.36. The Morgan fingerprint density at radius 3 is 2.71 bits per heavy atom. The number of aromatic nitrogens is 2. The number of hydrogen-bond donors (Lipinski definition) is 3. The summed E-state index contributed by atoms with van der Waals surface area (Å²) in [7, 11) is 0. The van der Waals surface area contributed by atoms with Gasteiger partial charge in [-0.15, -0.1) is 0 Å². The zero-order chi connectivity index (χ0) is 15.4. The Labute approximate surface area is 129 Å². The maximum atomic E-state index is 11.8. The second kappa shape index (κ2) is 6.47. The molecule has 0 spiro atoms. The molecule has 9 heteroatoms. The van der Waals surface area contributed by atoms with Crippen LogP contribution in [0.5, 0.6) is 0 Å². The van der Waals surface area contributed by atoms with Gasteiger partial charge in [0.15, 0.2) is 0 Å². The van der Waals surface area contributed by atoms with Gasteiger partial charge in [0.05, 0.1) is 22.6 Å². The van der Waals surface area contributed by atoms with E-state index in [-0.39, 0.29) is 6.54 Å². The maximum Gasteiger partial charge on any atom is 0.325 e. The molecule has 0 aliphatic carbocycles. The number of urea groups is 1. The number of carboxylic acids is 1. The van der Waals surface area contributed by atoms with Gasteiger partial charge in [-0.3, -0.25) is 9.48 Å². The molecule has 1 aromatic heterocycles. The van der Waals surface area contributed by atoms with Crippen LogP contribution >= 0.6 is 23.2 Å². The number of aliphatic carboxylic acids is 1. The molecule has 0 saturated heterocycles. The zero-order valence-corrected chi connectivity index (χ0v) is 12.0. The lowest BCUT2D eigenvalue weighted by molar-refractivity contribution is -0.137. The number of rotatable bonds is 4. The molecule has 0 unspecified atom stereocenters. The predicted molar refractivity (Wildman–Crippen MR) is 79.0 cm³/mol. The first-order valence-corrected chi connectivity index (χ1v) is 6.47. The highest BCUT2D eigenvalue weighted by Crippen LogP contribution is 2.25. The number of halogens is 2. The standard InChI is InChI=1S/C12H10Cl2N4O3/c13-7-1-2-10(9(14)3-7)17-12(21)16-8-4-15-18(5-8)6-11(19)20/h1-5H,6H2,(H,19,20)(H2,16,17,21). The maximum absolute atomic E-state index is 11.8. The van der Waals surface area contributed by atoms with Crippen molar-refractivity contribution in [2.75, 3.05) is 10.6 Å². The molecule has 2 amide bonds. The summed E-state index contributed by atoms with van der Waals surface area (Å²) < 4.78 is 1.19. The van der Waals surface area contributed by atoms with Crippen molar-refractivity contribution < 1.29 is 14.7 Å². The Hall–Kier alpha value is -2.25. The lowest BCUT2D eigenvalue weighted by Crippen LogP contribution is -2.19. The molecule has 2 rings (SSSR count). The van der Waals surface area contributed by atoms with Crippen LogP contribution in [0.25, 0.3) is 0 Å². The Morgan fingerprint density at radius 2 is 2.05 bits per heavy atom. The van der Waals surface area contributed by atoms with Crippen LogP contribution < -0.4 is 10.6 Å². The van der Waals surface area contributed by atoms with Crippen LogP contribution in [0.1, 0.15) is 0 Å². The van der Waals surface area contributed by atoms with Crippen LogP contribution in [0.2, 0.25) is 10.0 Å². The number of carbonyl (C=O) groups is 2. The Balaban J connectivity index is 1.98. The Kier molecular flexibility index (Phi) is 4.66. The van der Waals surface area contributed by atoms with Gasteiger partial charge in [-0.25, -0.2) is 4.79 Å². The number of nitrogens with one attached hydrogen (secondary N) is 2. The number of anilines is 2. The average molecular weight is 329 g/mol. The van der Waals surface area contributed by atoms with Crippen molar-refractivity contribution in [2.24, 2.45) is 0 Å². The summed E-state index contributed by atoms with van der Waals surface area (Å²) in [5.41, 5.74) is 0.760. The van der Waals surface area contributed by atoms with E-state index in [1.165, 1.54) is 23.1 Å². The van der Waals surface area contributed by atoms with Crippen molar-refractivity contribution in [3.63, 3.8) is 0 Å². The Bertz CT molecular complexity index is 687. The van der Waals surface area contributed by atoms with Crippen molar-refractivity contribution in [2.45, 2.75) is 6.54 Å². The van der Waals surface area contributed by atoms with E-state index in [9.17, 15) is 9.59 Å². The number of carbonyl (C=O) groups excluding carboxylic acids is 1. The van der Waals surface area contributed by atoms with Gasteiger partial charge in [-0.1, -0.05) is 23.2 Å². The number of carboxylic acid groups (broad SMARTS) is 1. The molecular weight excluding hydrogens is 319 g/mol. The number of hydrogen-bond acceptors (Lipinski definition) is 3. The first-order valence-electron chi connectivity index (χ1n) is 5.71. The minimum atomic E-state index is -1.03. The monoisotopic (exact) mass is 328 g/mol. The van der Waals surface area contributed by atoms with Gasteiger partial charge in [0.2, 0.25) is 0 Å². The highest BCUT2D eigenvalue weighted by atomic mass is 35.5. The summed E-state index contributed by atoms with van der Waals surface area (Å²) in [6.45, 7) is -0.285. The lowest BCUT2D eigenvalue weighted by Gasteiger charge is -2.07. The van der Waals surface area contributed by atoms with E-state index in [4.69, 9.17) is 28.3 Å². The molecular formula is C12H10Cl2N4O3. The van der Waals surface area contributed by atoms with Crippen molar-refractivity contribution >= 4 is 46.6 Å². The molecule has 0 aliphatic rings. The van der Waals surface area contributed by atoms with E-state index < -0.39 is 12.0 Å². The van der Waals surface area contributed by atoms with E-state index in [0.29, 0.717) is 21.4 Å². The molecule has 7 nitrogen and oxygen atoms in total. The Morgan fingerprint density at radius 1 is 1.29 bits per heavy atom. The van der Waals surface area contributed by atoms with Gasteiger partial charge in [0.1, 0.15) is 6.54 Å². The largest absolute Gasteiger partial charge is 0.480 e. The summed E-state index contributed by atoms with van der Waals surface area (Å²) in [6.07, 6.45) is 2.74. The third-order valence-electron chi connectivity index (χ3n) is 2.37. The molecule has 1 aromatic carbocycles. The van der Waals surface area contributed by atoms with E-state index in [1.807, 2.05) is 0 Å². The van der Waals surface area contributed by atoms with Crippen LogP contribution in [0.15, 0.2) is 30.6 Å². The topological polar surface area (TPSA) is 96.2 Å². The van der Waals surface area contributed by atoms with Crippen molar-refractivity contribution in [3.05, 3.63) is 40.6 Å². The third kappa shape index (κ3) is 4.37. The molecule has 21 heavy (non-hydrogen) atoms. The molecule has 0 saturated carbocycles. The van der Waals surface area contributed by atoms with Gasteiger partial charge in [-0.05, 0) is 18.2 Å². The third-order valence-corrected chi connectivity index (χ3v) is 2.92. The molecule has 110 valence electrons. The number of amides is 2. The fourth-order valence-corrected chi connectivity index (χ4v) is 1.98. The molecule has 0 fully saturated rings. The van der Waals surface area contributed by atoms with Gasteiger partial charge < -0.3 is 15.7 Å². The fraction of sp³-hybridized carbons (Fsp3) is 0.0833. The molecule has 0 radical (unpaired) electrons. The first-order chi connectivity index (χ1) is 9.94. The van der Waals surface area contributed by atoms with E-state index in [2.05, 4.69) is 15.7 Å². The van der Waals surface area contributed by atoms with E-state index >= 15 is 0 Å². The summed E-state index contributed by atoms with van der Waals surface area (Å²) in [4.78, 5) is 22.3. The van der Waals surface area contributed by atoms with Crippen LogP contribution in [0.4, 0.5) is 16.2 Å². The predicted octanol–water partition coefficient (Wildman–Crippen LogP) is 2.92.